The van der Waals surface area contributed by atoms with Crippen molar-refractivity contribution in [3.8, 4) is 0 Å². The van der Waals surface area contributed by atoms with Gasteiger partial charge in [0.2, 0.25) is 0 Å². The standard InChI is InChI=1S/C16H16N2OS/c1-10-9-11(2)18-16(17-10)20-14-8-7-12-5-3-4-6-13(12)15(14)19/h3-6,9,14H,7-8H2,1-2H3. The number of nitrogens with zero attached hydrogens (tertiary/aromatic N) is 2. The van der Waals surface area contributed by atoms with E-state index in [1.807, 2.05) is 44.2 Å². The minimum Gasteiger partial charge on any atom is -0.293 e. The molecule has 3 rings (SSSR count). The van der Waals surface area contributed by atoms with E-state index in [1.54, 1.807) is 0 Å². The predicted octanol–water partition coefficient (Wildman–Crippen LogP) is 3.38. The predicted molar refractivity (Wildman–Crippen MR) is 80.2 cm³/mol. The maximum absolute atomic E-state index is 12.5. The van der Waals surface area contributed by atoms with Crippen LogP contribution >= 0.6 is 11.8 Å². The maximum Gasteiger partial charge on any atom is 0.188 e. The monoisotopic (exact) mass is 284 g/mol. The third kappa shape index (κ3) is 2.61. The van der Waals surface area contributed by atoms with Crippen molar-refractivity contribution >= 4 is 17.5 Å². The molecule has 4 heteroatoms. The van der Waals surface area contributed by atoms with Crippen LogP contribution in [0.4, 0.5) is 0 Å². The molecule has 0 saturated heterocycles. The van der Waals surface area contributed by atoms with Gasteiger partial charge < -0.3 is 0 Å². The first-order chi connectivity index (χ1) is 9.63. The Morgan fingerprint density at radius 3 is 2.60 bits per heavy atom. The van der Waals surface area contributed by atoms with Gasteiger partial charge in [0.1, 0.15) is 0 Å². The molecule has 0 saturated carbocycles. The highest BCUT2D eigenvalue weighted by Gasteiger charge is 2.28. The molecule has 1 atom stereocenters. The first-order valence-electron chi connectivity index (χ1n) is 6.74. The number of rotatable bonds is 2. The molecule has 1 unspecified atom stereocenters. The van der Waals surface area contributed by atoms with Crippen LogP contribution in [-0.2, 0) is 6.42 Å². The molecular formula is C16H16N2OS. The van der Waals surface area contributed by atoms with E-state index in [0.29, 0.717) is 5.16 Å². The molecule has 20 heavy (non-hydrogen) atoms. The lowest BCUT2D eigenvalue weighted by molar-refractivity contribution is 0.0979. The highest BCUT2D eigenvalue weighted by molar-refractivity contribution is 8.00. The number of Topliss-reactive ketones (excluding diaryl/α,β-unsaturated/α-hetero) is 1. The number of ketones is 1. The molecule has 1 aliphatic rings. The number of aryl methyl sites for hydroxylation is 3. The second kappa shape index (κ2) is 5.37. The Hall–Kier alpha value is -1.68. The zero-order chi connectivity index (χ0) is 14.1. The Labute approximate surface area is 122 Å². The molecule has 0 radical (unpaired) electrons. The molecule has 3 nitrogen and oxygen atoms in total. The van der Waals surface area contributed by atoms with Gasteiger partial charge in [-0.15, -0.1) is 0 Å². The van der Waals surface area contributed by atoms with Crippen molar-refractivity contribution in [1.82, 2.24) is 9.97 Å². The largest absolute Gasteiger partial charge is 0.293 e. The quantitative estimate of drug-likeness (QED) is 0.793. The van der Waals surface area contributed by atoms with Crippen LogP contribution in [0.2, 0.25) is 0 Å². The fourth-order valence-electron chi connectivity index (χ4n) is 2.56. The fraction of sp³-hybridized carbons (Fsp3) is 0.312. The van der Waals surface area contributed by atoms with E-state index >= 15 is 0 Å². The molecule has 102 valence electrons. The molecule has 0 amide bonds. The minimum absolute atomic E-state index is 0.0638. The Balaban J connectivity index is 1.84. The summed E-state index contributed by atoms with van der Waals surface area (Å²) in [6.45, 7) is 3.91. The van der Waals surface area contributed by atoms with Gasteiger partial charge in [0.25, 0.3) is 0 Å². The minimum atomic E-state index is -0.0638. The van der Waals surface area contributed by atoms with Crippen LogP contribution in [0.25, 0.3) is 0 Å². The van der Waals surface area contributed by atoms with Gasteiger partial charge in [-0.1, -0.05) is 36.0 Å². The summed E-state index contributed by atoms with van der Waals surface area (Å²) in [5.41, 5.74) is 3.92. The van der Waals surface area contributed by atoms with E-state index in [4.69, 9.17) is 0 Å². The van der Waals surface area contributed by atoms with Gasteiger partial charge in [-0.25, -0.2) is 9.97 Å². The molecule has 1 heterocycles. The number of carbonyl (C=O) groups excluding carboxylic acids is 1. The molecule has 1 aromatic heterocycles. The van der Waals surface area contributed by atoms with Gasteiger partial charge in [-0.2, -0.15) is 0 Å². The summed E-state index contributed by atoms with van der Waals surface area (Å²) >= 11 is 1.49. The highest BCUT2D eigenvalue weighted by Crippen LogP contribution is 2.32. The van der Waals surface area contributed by atoms with E-state index in [0.717, 1.165) is 35.4 Å². The Kier molecular flexibility index (Phi) is 3.57. The summed E-state index contributed by atoms with van der Waals surface area (Å²) in [5.74, 6) is 0.208. The van der Waals surface area contributed by atoms with Crippen LogP contribution in [0.1, 0.15) is 33.7 Å². The molecule has 0 bridgehead atoms. The van der Waals surface area contributed by atoms with Crippen molar-refractivity contribution in [2.45, 2.75) is 37.1 Å². The fourth-order valence-corrected chi connectivity index (χ4v) is 3.67. The van der Waals surface area contributed by atoms with E-state index in [1.165, 1.54) is 11.8 Å². The molecule has 0 N–H and O–H groups in total. The van der Waals surface area contributed by atoms with Crippen molar-refractivity contribution in [3.05, 3.63) is 52.8 Å². The summed E-state index contributed by atoms with van der Waals surface area (Å²) in [7, 11) is 0. The van der Waals surface area contributed by atoms with E-state index in [9.17, 15) is 4.79 Å². The average Bonchev–Trinajstić information content (AvgIpc) is 2.41. The molecular weight excluding hydrogens is 268 g/mol. The highest BCUT2D eigenvalue weighted by atomic mass is 32.2. The lowest BCUT2D eigenvalue weighted by Crippen LogP contribution is -2.25. The summed E-state index contributed by atoms with van der Waals surface area (Å²) in [6.07, 6.45) is 1.81. The lowest BCUT2D eigenvalue weighted by atomic mass is 9.90. The van der Waals surface area contributed by atoms with E-state index in [-0.39, 0.29) is 11.0 Å². The topological polar surface area (TPSA) is 42.9 Å². The van der Waals surface area contributed by atoms with Crippen LogP contribution in [0.3, 0.4) is 0 Å². The van der Waals surface area contributed by atoms with E-state index < -0.39 is 0 Å². The Bertz CT molecular complexity index is 649. The van der Waals surface area contributed by atoms with Gasteiger partial charge in [-0.3, -0.25) is 4.79 Å². The molecule has 1 aromatic carbocycles. The molecule has 2 aromatic rings. The van der Waals surface area contributed by atoms with Crippen molar-refractivity contribution in [3.63, 3.8) is 0 Å². The summed E-state index contributed by atoms with van der Waals surface area (Å²) < 4.78 is 0. The number of thioether (sulfide) groups is 1. The molecule has 0 aliphatic heterocycles. The normalized spacial score (nSPS) is 17.9. The van der Waals surface area contributed by atoms with Gasteiger partial charge in [-0.05, 0) is 38.3 Å². The number of hydrogen-bond acceptors (Lipinski definition) is 4. The number of aromatic nitrogens is 2. The lowest BCUT2D eigenvalue weighted by Gasteiger charge is -2.22. The first kappa shape index (κ1) is 13.3. The van der Waals surface area contributed by atoms with Crippen LogP contribution < -0.4 is 0 Å². The number of carbonyl (C=O) groups is 1. The first-order valence-corrected chi connectivity index (χ1v) is 7.62. The number of hydrogen-bond donors (Lipinski definition) is 0. The second-order valence-corrected chi connectivity index (χ2v) is 6.27. The molecule has 0 spiro atoms. The summed E-state index contributed by atoms with van der Waals surface area (Å²) in [4.78, 5) is 21.4. The number of benzene rings is 1. The molecule has 0 fully saturated rings. The zero-order valence-corrected chi connectivity index (χ0v) is 12.4. The van der Waals surface area contributed by atoms with Gasteiger partial charge in [0.05, 0.1) is 5.25 Å². The van der Waals surface area contributed by atoms with E-state index in [2.05, 4.69) is 9.97 Å². The third-order valence-electron chi connectivity index (χ3n) is 3.46. The van der Waals surface area contributed by atoms with Gasteiger partial charge in [0, 0.05) is 17.0 Å². The van der Waals surface area contributed by atoms with Gasteiger partial charge in [0.15, 0.2) is 10.9 Å². The average molecular weight is 284 g/mol. The molecule has 1 aliphatic carbocycles. The Morgan fingerprint density at radius 2 is 1.85 bits per heavy atom. The third-order valence-corrected chi connectivity index (χ3v) is 4.59. The zero-order valence-electron chi connectivity index (χ0n) is 11.6. The van der Waals surface area contributed by atoms with Crippen molar-refractivity contribution < 1.29 is 4.79 Å². The summed E-state index contributed by atoms with van der Waals surface area (Å²) in [6, 6.07) is 9.83. The smallest absolute Gasteiger partial charge is 0.188 e. The SMILES string of the molecule is Cc1cc(C)nc(SC2CCc3ccccc3C2=O)n1. The van der Waals surface area contributed by atoms with Crippen LogP contribution in [-0.4, -0.2) is 21.0 Å². The maximum atomic E-state index is 12.5. The van der Waals surface area contributed by atoms with Crippen molar-refractivity contribution in [1.29, 1.82) is 0 Å². The van der Waals surface area contributed by atoms with Crippen molar-refractivity contribution in [2.24, 2.45) is 0 Å². The number of fused-ring (bicyclic) bond motifs is 1. The van der Waals surface area contributed by atoms with Crippen LogP contribution in [0.15, 0.2) is 35.5 Å². The second-order valence-electron chi connectivity index (χ2n) is 5.10. The van der Waals surface area contributed by atoms with Gasteiger partial charge >= 0.3 is 0 Å². The Morgan fingerprint density at radius 1 is 1.15 bits per heavy atom. The summed E-state index contributed by atoms with van der Waals surface area (Å²) in [5, 5.41) is 0.645. The van der Waals surface area contributed by atoms with Crippen LogP contribution in [0, 0.1) is 13.8 Å². The van der Waals surface area contributed by atoms with Crippen LogP contribution in [0.5, 0.6) is 0 Å². The van der Waals surface area contributed by atoms with Crippen molar-refractivity contribution in [2.75, 3.05) is 0 Å².